The zero-order valence-corrected chi connectivity index (χ0v) is 14.1. The number of para-hydroxylation sites is 1. The molecule has 25 heavy (non-hydrogen) atoms. The van der Waals surface area contributed by atoms with Crippen LogP contribution in [0.1, 0.15) is 20.8 Å². The van der Waals surface area contributed by atoms with Crippen molar-refractivity contribution in [3.63, 3.8) is 0 Å². The number of H-pyrrole nitrogens is 1. The highest BCUT2D eigenvalue weighted by Gasteiger charge is 2.15. The number of amides is 2. The van der Waals surface area contributed by atoms with Crippen LogP contribution in [0.3, 0.4) is 0 Å². The fraction of sp³-hybridized carbons (Fsp3) is 0.0556. The van der Waals surface area contributed by atoms with Crippen molar-refractivity contribution in [2.24, 2.45) is 0 Å². The van der Waals surface area contributed by atoms with Gasteiger partial charge in [-0.1, -0.05) is 35.9 Å². The topological polar surface area (TPSA) is 86.9 Å². The molecule has 0 aliphatic carbocycles. The van der Waals surface area contributed by atoms with Gasteiger partial charge >= 0.3 is 0 Å². The summed E-state index contributed by atoms with van der Waals surface area (Å²) in [5, 5.41) is 12.7. The smallest absolute Gasteiger partial charge is 0.273 e. The Hall–Kier alpha value is -3.12. The molecule has 0 fully saturated rings. The number of rotatable bonds is 4. The number of aromatic nitrogens is 2. The summed E-state index contributed by atoms with van der Waals surface area (Å²) < 4.78 is 0. The van der Waals surface area contributed by atoms with E-state index in [2.05, 4.69) is 20.8 Å². The molecule has 0 unspecified atom stereocenters. The standard InChI is InChI=1S/C18H15ClN4O2/c1-20-17(24)13-7-2-3-8-14(13)21-18(25)16-10-15(22-23-16)11-5-4-6-12(19)9-11/h2-10H,1H3,(H,20,24)(H,21,25)(H,22,23). The van der Waals surface area contributed by atoms with Crippen molar-refractivity contribution in [2.45, 2.75) is 0 Å². The van der Waals surface area contributed by atoms with Crippen molar-refractivity contribution < 1.29 is 9.59 Å². The zero-order valence-electron chi connectivity index (χ0n) is 13.3. The number of carbonyl (C=O) groups is 2. The molecule has 3 N–H and O–H groups in total. The fourth-order valence-corrected chi connectivity index (χ4v) is 2.54. The second kappa shape index (κ2) is 7.19. The average molecular weight is 355 g/mol. The number of hydrogen-bond acceptors (Lipinski definition) is 3. The highest BCUT2D eigenvalue weighted by molar-refractivity contribution is 6.30. The van der Waals surface area contributed by atoms with E-state index in [4.69, 9.17) is 11.6 Å². The first-order valence-corrected chi connectivity index (χ1v) is 7.90. The van der Waals surface area contributed by atoms with E-state index in [1.165, 1.54) is 7.05 Å². The lowest BCUT2D eigenvalue weighted by Gasteiger charge is -2.08. The Morgan fingerprint density at radius 2 is 1.84 bits per heavy atom. The Morgan fingerprint density at radius 3 is 2.60 bits per heavy atom. The predicted octanol–water partition coefficient (Wildman–Crippen LogP) is 3.34. The second-order valence-electron chi connectivity index (χ2n) is 5.26. The summed E-state index contributed by atoms with van der Waals surface area (Å²) in [4.78, 5) is 24.3. The molecule has 0 spiro atoms. The van der Waals surface area contributed by atoms with Crippen LogP contribution in [0, 0.1) is 0 Å². The number of aromatic amines is 1. The van der Waals surface area contributed by atoms with Gasteiger partial charge in [-0.3, -0.25) is 14.7 Å². The van der Waals surface area contributed by atoms with Crippen LogP contribution in [0.4, 0.5) is 5.69 Å². The largest absolute Gasteiger partial charge is 0.355 e. The number of benzene rings is 2. The molecule has 2 aromatic carbocycles. The lowest BCUT2D eigenvalue weighted by atomic mass is 10.1. The molecular formula is C18H15ClN4O2. The van der Waals surface area contributed by atoms with Gasteiger partial charge in [0.15, 0.2) is 0 Å². The number of nitrogens with one attached hydrogen (secondary N) is 3. The molecule has 1 heterocycles. The maximum atomic E-state index is 12.4. The van der Waals surface area contributed by atoms with Crippen LogP contribution in [-0.2, 0) is 0 Å². The first-order chi connectivity index (χ1) is 12.1. The van der Waals surface area contributed by atoms with E-state index >= 15 is 0 Å². The summed E-state index contributed by atoms with van der Waals surface area (Å²) in [5.41, 5.74) is 2.49. The van der Waals surface area contributed by atoms with E-state index < -0.39 is 5.91 Å². The molecule has 3 aromatic rings. The normalized spacial score (nSPS) is 10.3. The molecule has 3 rings (SSSR count). The average Bonchev–Trinajstić information content (AvgIpc) is 3.12. The fourth-order valence-electron chi connectivity index (χ4n) is 2.35. The van der Waals surface area contributed by atoms with E-state index in [0.29, 0.717) is 22.0 Å². The predicted molar refractivity (Wildman–Crippen MR) is 96.8 cm³/mol. The van der Waals surface area contributed by atoms with Crippen LogP contribution in [0.2, 0.25) is 5.02 Å². The number of halogens is 1. The summed E-state index contributed by atoms with van der Waals surface area (Å²) >= 11 is 5.98. The van der Waals surface area contributed by atoms with E-state index in [-0.39, 0.29) is 11.6 Å². The summed E-state index contributed by atoms with van der Waals surface area (Å²) in [7, 11) is 1.53. The minimum absolute atomic E-state index is 0.278. The Balaban J connectivity index is 1.83. The van der Waals surface area contributed by atoms with Crippen molar-refractivity contribution in [1.29, 1.82) is 0 Å². The van der Waals surface area contributed by atoms with Crippen LogP contribution < -0.4 is 10.6 Å². The van der Waals surface area contributed by atoms with Crippen molar-refractivity contribution in [3.8, 4) is 11.3 Å². The SMILES string of the molecule is CNC(=O)c1ccccc1NC(=O)c1cc(-c2cccc(Cl)c2)n[nH]1. The van der Waals surface area contributed by atoms with Gasteiger partial charge in [0.25, 0.3) is 11.8 Å². The maximum Gasteiger partial charge on any atom is 0.273 e. The third-order valence-corrected chi connectivity index (χ3v) is 3.82. The Labute approximate surface area is 149 Å². The molecule has 0 saturated carbocycles. The Kier molecular flexibility index (Phi) is 4.81. The van der Waals surface area contributed by atoms with Gasteiger partial charge in [-0.25, -0.2) is 0 Å². The van der Waals surface area contributed by atoms with Gasteiger partial charge in [0, 0.05) is 17.6 Å². The summed E-state index contributed by atoms with van der Waals surface area (Å²) in [6.45, 7) is 0. The van der Waals surface area contributed by atoms with E-state index in [1.54, 1.807) is 42.5 Å². The molecule has 2 amide bonds. The number of hydrogen-bond donors (Lipinski definition) is 3. The van der Waals surface area contributed by atoms with Gasteiger partial charge < -0.3 is 10.6 Å². The highest BCUT2D eigenvalue weighted by atomic mass is 35.5. The van der Waals surface area contributed by atoms with Crippen molar-refractivity contribution in [3.05, 3.63) is 70.9 Å². The Bertz CT molecular complexity index is 936. The number of anilines is 1. The monoisotopic (exact) mass is 354 g/mol. The summed E-state index contributed by atoms with van der Waals surface area (Å²) in [6.07, 6.45) is 0. The van der Waals surface area contributed by atoms with Crippen LogP contribution in [-0.4, -0.2) is 29.1 Å². The maximum absolute atomic E-state index is 12.4. The lowest BCUT2D eigenvalue weighted by Crippen LogP contribution is -2.21. The first-order valence-electron chi connectivity index (χ1n) is 7.52. The van der Waals surface area contributed by atoms with Gasteiger partial charge in [-0.05, 0) is 30.3 Å². The Morgan fingerprint density at radius 1 is 1.04 bits per heavy atom. The van der Waals surface area contributed by atoms with Gasteiger partial charge in [-0.2, -0.15) is 5.10 Å². The van der Waals surface area contributed by atoms with E-state index in [1.807, 2.05) is 12.1 Å². The molecule has 1 aromatic heterocycles. The summed E-state index contributed by atoms with van der Waals surface area (Å²) in [5.74, 6) is -0.669. The molecule has 0 aliphatic rings. The molecule has 0 aliphatic heterocycles. The molecule has 0 radical (unpaired) electrons. The van der Waals surface area contributed by atoms with Crippen molar-refractivity contribution in [1.82, 2.24) is 15.5 Å². The van der Waals surface area contributed by atoms with Crippen LogP contribution in [0.5, 0.6) is 0 Å². The lowest BCUT2D eigenvalue weighted by molar-refractivity contribution is 0.0964. The van der Waals surface area contributed by atoms with Crippen molar-refractivity contribution in [2.75, 3.05) is 12.4 Å². The van der Waals surface area contributed by atoms with Gasteiger partial charge in [-0.15, -0.1) is 0 Å². The molecule has 126 valence electrons. The molecule has 0 saturated heterocycles. The minimum Gasteiger partial charge on any atom is -0.355 e. The highest BCUT2D eigenvalue weighted by Crippen LogP contribution is 2.22. The molecule has 7 heteroatoms. The van der Waals surface area contributed by atoms with E-state index in [0.717, 1.165) is 5.56 Å². The minimum atomic E-state index is -0.392. The van der Waals surface area contributed by atoms with Crippen LogP contribution in [0.15, 0.2) is 54.6 Å². The third kappa shape index (κ3) is 3.70. The molecule has 0 bridgehead atoms. The zero-order chi connectivity index (χ0) is 17.8. The first kappa shape index (κ1) is 16.7. The van der Waals surface area contributed by atoms with Crippen LogP contribution >= 0.6 is 11.6 Å². The third-order valence-electron chi connectivity index (χ3n) is 3.59. The molecule has 6 nitrogen and oxygen atoms in total. The van der Waals surface area contributed by atoms with Gasteiger partial charge in [0.2, 0.25) is 0 Å². The quantitative estimate of drug-likeness (QED) is 0.671. The van der Waals surface area contributed by atoms with Gasteiger partial charge in [0.1, 0.15) is 5.69 Å². The number of nitrogens with zero attached hydrogens (tertiary/aromatic N) is 1. The van der Waals surface area contributed by atoms with E-state index in [9.17, 15) is 9.59 Å². The number of carbonyl (C=O) groups excluding carboxylic acids is 2. The summed E-state index contributed by atoms with van der Waals surface area (Å²) in [6, 6.07) is 15.6. The second-order valence-corrected chi connectivity index (χ2v) is 5.69. The van der Waals surface area contributed by atoms with Crippen molar-refractivity contribution >= 4 is 29.1 Å². The van der Waals surface area contributed by atoms with Crippen LogP contribution in [0.25, 0.3) is 11.3 Å². The van der Waals surface area contributed by atoms with Gasteiger partial charge in [0.05, 0.1) is 16.9 Å². The molecular weight excluding hydrogens is 340 g/mol. The molecule has 0 atom stereocenters.